The molecule has 4 nitrogen and oxygen atoms in total. The first kappa shape index (κ1) is 16.9. The number of likely N-dealkylation sites (N-methyl/N-ethyl adjacent to an activating group) is 2. The number of aryl methyl sites for hydroxylation is 2. The molecule has 1 atom stereocenters. The summed E-state index contributed by atoms with van der Waals surface area (Å²) in [5.41, 5.74) is 3.72. The van der Waals surface area contributed by atoms with Gasteiger partial charge < -0.3 is 15.1 Å². The first-order chi connectivity index (χ1) is 9.40. The van der Waals surface area contributed by atoms with Crippen LogP contribution in [0.25, 0.3) is 0 Å². The van der Waals surface area contributed by atoms with Crippen molar-refractivity contribution in [1.82, 2.24) is 15.2 Å². The molecule has 0 aliphatic heterocycles. The molecule has 0 aromatic carbocycles. The maximum Gasteiger partial charge on any atom is 0.133 e. The Hall–Kier alpha value is -1.13. The molecule has 0 spiro atoms. The van der Waals surface area contributed by atoms with E-state index in [9.17, 15) is 0 Å². The van der Waals surface area contributed by atoms with E-state index in [1.54, 1.807) is 0 Å². The third kappa shape index (κ3) is 4.18. The van der Waals surface area contributed by atoms with E-state index in [1.807, 2.05) is 7.05 Å². The molecule has 0 aliphatic carbocycles. The lowest BCUT2D eigenvalue weighted by molar-refractivity contribution is 0.372. The Labute approximate surface area is 124 Å². The fourth-order valence-electron chi connectivity index (χ4n) is 2.77. The second kappa shape index (κ2) is 7.60. The zero-order valence-corrected chi connectivity index (χ0v) is 14.1. The van der Waals surface area contributed by atoms with Crippen molar-refractivity contribution >= 4 is 5.82 Å². The van der Waals surface area contributed by atoms with Gasteiger partial charge in [-0.1, -0.05) is 0 Å². The highest BCUT2D eigenvalue weighted by molar-refractivity contribution is 5.52. The molecule has 0 saturated carbocycles. The van der Waals surface area contributed by atoms with Gasteiger partial charge >= 0.3 is 0 Å². The molecule has 0 aliphatic rings. The van der Waals surface area contributed by atoms with Crippen molar-refractivity contribution in [2.75, 3.05) is 39.1 Å². The molecule has 20 heavy (non-hydrogen) atoms. The van der Waals surface area contributed by atoms with Gasteiger partial charge in [-0.25, -0.2) is 4.98 Å². The molecule has 1 aromatic heterocycles. The van der Waals surface area contributed by atoms with Gasteiger partial charge in [0.15, 0.2) is 0 Å². The van der Waals surface area contributed by atoms with E-state index in [1.165, 1.54) is 11.1 Å². The molecule has 1 heterocycles. The lowest BCUT2D eigenvalue weighted by atomic mass is 10.1. The van der Waals surface area contributed by atoms with E-state index < -0.39 is 0 Å². The second-order valence-electron chi connectivity index (χ2n) is 5.81. The van der Waals surface area contributed by atoms with Crippen molar-refractivity contribution in [3.63, 3.8) is 0 Å². The first-order valence-corrected chi connectivity index (χ1v) is 7.43. The fraction of sp³-hybridized carbons (Fsp3) is 0.688. The van der Waals surface area contributed by atoms with Gasteiger partial charge in [0, 0.05) is 36.9 Å². The van der Waals surface area contributed by atoms with Crippen LogP contribution in [0.1, 0.15) is 30.7 Å². The van der Waals surface area contributed by atoms with Gasteiger partial charge in [0.1, 0.15) is 5.82 Å². The smallest absolute Gasteiger partial charge is 0.133 e. The lowest BCUT2D eigenvalue weighted by Gasteiger charge is -2.33. The SMILES string of the molecule is CCN(c1nc(C)cc(C)c1CNC)C(C)CN(C)C. The molecule has 1 unspecified atom stereocenters. The monoisotopic (exact) mass is 278 g/mol. The maximum atomic E-state index is 4.82. The van der Waals surface area contributed by atoms with Crippen molar-refractivity contribution in [3.05, 3.63) is 22.9 Å². The van der Waals surface area contributed by atoms with Crippen LogP contribution in [0.5, 0.6) is 0 Å². The zero-order chi connectivity index (χ0) is 15.3. The Morgan fingerprint density at radius 1 is 1.30 bits per heavy atom. The van der Waals surface area contributed by atoms with E-state index in [0.717, 1.165) is 31.1 Å². The molecule has 0 fully saturated rings. The van der Waals surface area contributed by atoms with Gasteiger partial charge in [-0.05, 0) is 60.5 Å². The Kier molecular flexibility index (Phi) is 6.43. The molecular formula is C16H30N4. The van der Waals surface area contributed by atoms with Crippen LogP contribution in [0.4, 0.5) is 5.82 Å². The number of nitrogens with one attached hydrogen (secondary N) is 1. The number of rotatable bonds is 7. The molecule has 0 saturated heterocycles. The van der Waals surface area contributed by atoms with Gasteiger partial charge in [-0.3, -0.25) is 0 Å². The average Bonchev–Trinajstić information content (AvgIpc) is 2.33. The van der Waals surface area contributed by atoms with Crippen molar-refractivity contribution in [2.45, 2.75) is 40.3 Å². The lowest BCUT2D eigenvalue weighted by Crippen LogP contribution is -2.41. The van der Waals surface area contributed by atoms with E-state index >= 15 is 0 Å². The summed E-state index contributed by atoms with van der Waals surface area (Å²) in [5, 5.41) is 3.27. The number of anilines is 1. The van der Waals surface area contributed by atoms with Gasteiger partial charge in [0.05, 0.1) is 0 Å². The number of hydrogen-bond donors (Lipinski definition) is 1. The van der Waals surface area contributed by atoms with Crippen molar-refractivity contribution in [1.29, 1.82) is 0 Å². The highest BCUT2D eigenvalue weighted by Crippen LogP contribution is 2.24. The minimum absolute atomic E-state index is 0.444. The van der Waals surface area contributed by atoms with Crippen LogP contribution in [-0.4, -0.2) is 50.2 Å². The molecule has 0 bridgehead atoms. The van der Waals surface area contributed by atoms with Crippen LogP contribution < -0.4 is 10.2 Å². The van der Waals surface area contributed by atoms with Crippen LogP contribution >= 0.6 is 0 Å². The van der Waals surface area contributed by atoms with Crippen LogP contribution in [0.2, 0.25) is 0 Å². The molecular weight excluding hydrogens is 248 g/mol. The largest absolute Gasteiger partial charge is 0.353 e. The summed E-state index contributed by atoms with van der Waals surface area (Å²) in [7, 11) is 6.23. The fourth-order valence-corrected chi connectivity index (χ4v) is 2.77. The maximum absolute atomic E-state index is 4.82. The molecule has 1 aromatic rings. The number of pyridine rings is 1. The van der Waals surface area contributed by atoms with Gasteiger partial charge in [0.25, 0.3) is 0 Å². The van der Waals surface area contributed by atoms with E-state index in [4.69, 9.17) is 4.98 Å². The van der Waals surface area contributed by atoms with Gasteiger partial charge in [0.2, 0.25) is 0 Å². The quantitative estimate of drug-likeness (QED) is 0.828. The number of hydrogen-bond acceptors (Lipinski definition) is 4. The summed E-state index contributed by atoms with van der Waals surface area (Å²) >= 11 is 0. The standard InChI is InChI=1S/C16H30N4/c1-8-20(14(4)11-19(6)7)16-15(10-17-5)12(2)9-13(3)18-16/h9,14,17H,8,10-11H2,1-7H3. The van der Waals surface area contributed by atoms with Crippen LogP contribution in [-0.2, 0) is 6.54 Å². The second-order valence-corrected chi connectivity index (χ2v) is 5.81. The number of aromatic nitrogens is 1. The van der Waals surface area contributed by atoms with Crippen molar-refractivity contribution in [2.24, 2.45) is 0 Å². The van der Waals surface area contributed by atoms with Crippen molar-refractivity contribution < 1.29 is 0 Å². The predicted octanol–water partition coefficient (Wildman–Crippen LogP) is 2.19. The number of nitrogens with zero attached hydrogens (tertiary/aromatic N) is 3. The Morgan fingerprint density at radius 3 is 2.45 bits per heavy atom. The molecule has 114 valence electrons. The van der Waals surface area contributed by atoms with E-state index in [2.05, 4.69) is 63.0 Å². The minimum Gasteiger partial charge on any atom is -0.353 e. The summed E-state index contributed by atoms with van der Waals surface area (Å²) in [6.45, 7) is 11.6. The third-order valence-electron chi connectivity index (χ3n) is 3.58. The molecule has 1 rings (SSSR count). The highest BCUT2D eigenvalue weighted by atomic mass is 15.2. The van der Waals surface area contributed by atoms with Crippen molar-refractivity contribution in [3.8, 4) is 0 Å². The summed E-state index contributed by atoms with van der Waals surface area (Å²) in [5.74, 6) is 1.13. The zero-order valence-electron chi connectivity index (χ0n) is 14.1. The summed E-state index contributed by atoms with van der Waals surface area (Å²) in [4.78, 5) is 9.46. The Morgan fingerprint density at radius 2 is 1.95 bits per heavy atom. The molecule has 0 radical (unpaired) electrons. The first-order valence-electron chi connectivity index (χ1n) is 7.43. The average molecular weight is 278 g/mol. The van der Waals surface area contributed by atoms with Crippen LogP contribution in [0.3, 0.4) is 0 Å². The molecule has 4 heteroatoms. The summed E-state index contributed by atoms with van der Waals surface area (Å²) in [6, 6.07) is 2.61. The van der Waals surface area contributed by atoms with Crippen LogP contribution in [0.15, 0.2) is 6.07 Å². The van der Waals surface area contributed by atoms with Crippen LogP contribution in [0, 0.1) is 13.8 Å². The summed E-state index contributed by atoms with van der Waals surface area (Å²) in [6.07, 6.45) is 0. The molecule has 1 N–H and O–H groups in total. The van der Waals surface area contributed by atoms with E-state index in [0.29, 0.717) is 6.04 Å². The predicted molar refractivity (Wildman–Crippen MR) is 87.5 cm³/mol. The van der Waals surface area contributed by atoms with E-state index in [-0.39, 0.29) is 0 Å². The topological polar surface area (TPSA) is 31.4 Å². The third-order valence-corrected chi connectivity index (χ3v) is 3.58. The Bertz CT molecular complexity index is 429. The summed E-state index contributed by atoms with van der Waals surface area (Å²) < 4.78 is 0. The van der Waals surface area contributed by atoms with Gasteiger partial charge in [-0.15, -0.1) is 0 Å². The minimum atomic E-state index is 0.444. The molecule has 0 amide bonds. The normalized spacial score (nSPS) is 12.8. The Balaban J connectivity index is 3.19. The highest BCUT2D eigenvalue weighted by Gasteiger charge is 2.19. The van der Waals surface area contributed by atoms with Gasteiger partial charge in [-0.2, -0.15) is 0 Å².